The van der Waals surface area contributed by atoms with E-state index < -0.39 is 23.6 Å². The van der Waals surface area contributed by atoms with Gasteiger partial charge in [0.1, 0.15) is 0 Å². The fraction of sp³-hybridized carbons (Fsp3) is 0.429. The van der Waals surface area contributed by atoms with Gasteiger partial charge in [-0.15, -0.1) is 0 Å². The number of ether oxygens (including phenoxy) is 1. The summed E-state index contributed by atoms with van der Waals surface area (Å²) in [6.07, 6.45) is -0.840. The minimum Gasteiger partial charge on any atom is -0.467 e. The van der Waals surface area contributed by atoms with Crippen LogP contribution in [-0.2, 0) is 9.53 Å². The number of methoxy groups -OCH3 is 1. The number of ketones is 1. The van der Waals surface area contributed by atoms with E-state index in [1.165, 1.54) is 0 Å². The first kappa shape index (κ1) is 13.7. The zero-order valence-corrected chi connectivity index (χ0v) is 10.6. The Hall–Kier alpha value is -1.72. The lowest BCUT2D eigenvalue weighted by molar-refractivity contribution is -0.175. The third kappa shape index (κ3) is 2.15. The molecule has 1 fully saturated rings. The highest BCUT2D eigenvalue weighted by Gasteiger charge is 2.58. The van der Waals surface area contributed by atoms with E-state index in [4.69, 9.17) is 0 Å². The number of esters is 1. The molecule has 0 heterocycles. The lowest BCUT2D eigenvalue weighted by Crippen LogP contribution is -2.53. The molecule has 1 aromatic carbocycles. The normalized spacial score (nSPS) is 30.1. The van der Waals surface area contributed by atoms with Crippen LogP contribution in [0.1, 0.15) is 23.2 Å². The van der Waals surface area contributed by atoms with Crippen LogP contribution in [0.3, 0.4) is 0 Å². The molecule has 0 unspecified atom stereocenters. The van der Waals surface area contributed by atoms with Gasteiger partial charge in [0.15, 0.2) is 11.4 Å². The summed E-state index contributed by atoms with van der Waals surface area (Å²) in [5, 5.41) is 20.2. The molecular formula is C14H16O5. The molecule has 0 aromatic heterocycles. The van der Waals surface area contributed by atoms with E-state index in [2.05, 4.69) is 4.74 Å². The van der Waals surface area contributed by atoms with E-state index in [-0.39, 0.29) is 18.6 Å². The molecule has 102 valence electrons. The summed E-state index contributed by atoms with van der Waals surface area (Å²) in [6, 6.07) is 8.41. The largest absolute Gasteiger partial charge is 0.467 e. The molecule has 1 aliphatic carbocycles. The van der Waals surface area contributed by atoms with Gasteiger partial charge >= 0.3 is 5.97 Å². The van der Waals surface area contributed by atoms with E-state index in [1.54, 1.807) is 30.3 Å². The standard InChI is InChI=1S/C14H16O5/c1-19-13(17)14(18)10(7-8-11(14)15)12(16)9-5-3-2-4-6-9/h2-6,10-11,15,18H,7-8H2,1H3/t10-,11-,14-/m0/s1. The predicted molar refractivity (Wildman–Crippen MR) is 66.5 cm³/mol. The number of aliphatic hydroxyl groups excluding tert-OH is 1. The van der Waals surface area contributed by atoms with Gasteiger partial charge in [0.05, 0.1) is 19.1 Å². The van der Waals surface area contributed by atoms with Crippen LogP contribution < -0.4 is 0 Å². The molecule has 1 saturated carbocycles. The highest BCUT2D eigenvalue weighted by molar-refractivity contribution is 6.02. The van der Waals surface area contributed by atoms with Crippen LogP contribution in [0.2, 0.25) is 0 Å². The number of benzene rings is 1. The zero-order chi connectivity index (χ0) is 14.0. The Morgan fingerprint density at radius 3 is 2.47 bits per heavy atom. The lowest BCUT2D eigenvalue weighted by Gasteiger charge is -2.28. The van der Waals surface area contributed by atoms with Crippen molar-refractivity contribution >= 4 is 11.8 Å². The molecule has 1 aromatic rings. The minimum atomic E-state index is -2.15. The van der Waals surface area contributed by atoms with Gasteiger partial charge in [0.2, 0.25) is 0 Å². The van der Waals surface area contributed by atoms with Crippen molar-refractivity contribution in [1.29, 1.82) is 0 Å². The Labute approximate surface area is 110 Å². The smallest absolute Gasteiger partial charge is 0.341 e. The Balaban J connectivity index is 2.34. The van der Waals surface area contributed by atoms with Gasteiger partial charge in [0, 0.05) is 5.56 Å². The van der Waals surface area contributed by atoms with E-state index in [0.717, 1.165) is 7.11 Å². The van der Waals surface area contributed by atoms with Crippen molar-refractivity contribution in [3.63, 3.8) is 0 Å². The molecule has 0 amide bonds. The van der Waals surface area contributed by atoms with Gasteiger partial charge in [-0.3, -0.25) is 4.79 Å². The molecule has 3 atom stereocenters. The molecule has 1 aliphatic rings. The van der Waals surface area contributed by atoms with Crippen LogP contribution in [0, 0.1) is 5.92 Å². The molecule has 2 rings (SSSR count). The average Bonchev–Trinajstić information content (AvgIpc) is 2.75. The number of carbonyl (C=O) groups is 2. The number of aliphatic hydroxyl groups is 2. The van der Waals surface area contributed by atoms with E-state index in [0.29, 0.717) is 5.56 Å². The summed E-state index contributed by atoms with van der Waals surface area (Å²) in [4.78, 5) is 24.1. The quantitative estimate of drug-likeness (QED) is 0.615. The van der Waals surface area contributed by atoms with Crippen molar-refractivity contribution in [3.8, 4) is 0 Å². The monoisotopic (exact) mass is 264 g/mol. The van der Waals surface area contributed by atoms with Gasteiger partial charge in [-0.1, -0.05) is 30.3 Å². The molecular weight excluding hydrogens is 248 g/mol. The van der Waals surface area contributed by atoms with Gasteiger partial charge < -0.3 is 14.9 Å². The Morgan fingerprint density at radius 1 is 1.26 bits per heavy atom. The van der Waals surface area contributed by atoms with E-state index in [9.17, 15) is 19.8 Å². The fourth-order valence-corrected chi connectivity index (χ4v) is 2.57. The number of hydrogen-bond donors (Lipinski definition) is 2. The van der Waals surface area contributed by atoms with E-state index in [1.807, 2.05) is 0 Å². The number of carbonyl (C=O) groups excluding carboxylic acids is 2. The Kier molecular flexibility index (Phi) is 3.68. The van der Waals surface area contributed by atoms with Gasteiger partial charge in [0.25, 0.3) is 0 Å². The van der Waals surface area contributed by atoms with Crippen molar-refractivity contribution in [2.75, 3.05) is 7.11 Å². The number of rotatable bonds is 3. The SMILES string of the molecule is COC(=O)[C@@]1(O)[C@@H](O)CC[C@H]1C(=O)c1ccccc1. The van der Waals surface area contributed by atoms with Crippen molar-refractivity contribution in [2.24, 2.45) is 5.92 Å². The average molecular weight is 264 g/mol. The summed E-state index contributed by atoms with van der Waals surface area (Å²) in [5.74, 6) is -2.30. The molecule has 5 heteroatoms. The summed E-state index contributed by atoms with van der Waals surface area (Å²) in [6.45, 7) is 0. The van der Waals surface area contributed by atoms with Crippen LogP contribution in [0.25, 0.3) is 0 Å². The molecule has 0 radical (unpaired) electrons. The summed E-state index contributed by atoms with van der Waals surface area (Å²) < 4.78 is 4.52. The van der Waals surface area contributed by atoms with Crippen molar-refractivity contribution in [3.05, 3.63) is 35.9 Å². The lowest BCUT2D eigenvalue weighted by atomic mass is 9.83. The highest BCUT2D eigenvalue weighted by Crippen LogP contribution is 2.39. The molecule has 0 spiro atoms. The van der Waals surface area contributed by atoms with Crippen LogP contribution in [0.15, 0.2) is 30.3 Å². The summed E-state index contributed by atoms with van der Waals surface area (Å²) >= 11 is 0. The van der Waals surface area contributed by atoms with Crippen LogP contribution in [-0.4, -0.2) is 40.8 Å². The highest BCUT2D eigenvalue weighted by atomic mass is 16.5. The van der Waals surface area contributed by atoms with Crippen LogP contribution >= 0.6 is 0 Å². The van der Waals surface area contributed by atoms with Gasteiger partial charge in [-0.05, 0) is 12.8 Å². The second-order valence-corrected chi connectivity index (χ2v) is 4.69. The third-order valence-corrected chi connectivity index (χ3v) is 3.66. The maximum Gasteiger partial charge on any atom is 0.341 e. The van der Waals surface area contributed by atoms with Crippen LogP contribution in [0.5, 0.6) is 0 Å². The molecule has 0 bridgehead atoms. The number of Topliss-reactive ketones (excluding diaryl/α,β-unsaturated/α-hetero) is 1. The predicted octanol–water partition coefficient (Wildman–Crippen LogP) is 0.544. The second kappa shape index (κ2) is 5.11. The first-order valence-electron chi connectivity index (χ1n) is 6.10. The molecule has 2 N–H and O–H groups in total. The maximum absolute atomic E-state index is 12.3. The maximum atomic E-state index is 12.3. The third-order valence-electron chi connectivity index (χ3n) is 3.66. The zero-order valence-electron chi connectivity index (χ0n) is 10.6. The van der Waals surface area contributed by atoms with Crippen molar-refractivity contribution < 1.29 is 24.5 Å². The minimum absolute atomic E-state index is 0.189. The number of hydrogen-bond acceptors (Lipinski definition) is 5. The van der Waals surface area contributed by atoms with E-state index >= 15 is 0 Å². The molecule has 5 nitrogen and oxygen atoms in total. The summed E-state index contributed by atoms with van der Waals surface area (Å²) in [7, 11) is 1.12. The molecule has 19 heavy (non-hydrogen) atoms. The van der Waals surface area contributed by atoms with Crippen molar-refractivity contribution in [2.45, 2.75) is 24.5 Å². The fourth-order valence-electron chi connectivity index (χ4n) is 2.57. The second-order valence-electron chi connectivity index (χ2n) is 4.69. The van der Waals surface area contributed by atoms with Crippen molar-refractivity contribution in [1.82, 2.24) is 0 Å². The Bertz CT molecular complexity index is 484. The summed E-state index contributed by atoms with van der Waals surface area (Å²) in [5.41, 5.74) is -1.74. The van der Waals surface area contributed by atoms with Gasteiger partial charge in [-0.25, -0.2) is 4.79 Å². The first-order valence-corrected chi connectivity index (χ1v) is 6.10. The topological polar surface area (TPSA) is 83.8 Å². The van der Waals surface area contributed by atoms with Crippen LogP contribution in [0.4, 0.5) is 0 Å². The Morgan fingerprint density at radius 2 is 1.89 bits per heavy atom. The first-order chi connectivity index (χ1) is 9.01. The van der Waals surface area contributed by atoms with Gasteiger partial charge in [-0.2, -0.15) is 0 Å². The molecule has 0 aliphatic heterocycles. The molecule has 0 saturated heterocycles.